The summed E-state index contributed by atoms with van der Waals surface area (Å²) in [5.41, 5.74) is 16.9. The van der Waals surface area contributed by atoms with E-state index < -0.39 is 45.6 Å². The molecule has 2 heterocycles. The first kappa shape index (κ1) is 31.4. The SMILES string of the molecule is N=C(N)c1ccc(CS(=O)(=O)Nc2cccn(CC(=O)NC(CCCN=C(N)N)C(=O)c3nc4ccccc4o3)c2=O)cc1. The molecule has 0 spiro atoms. The number of carbonyl (C=O) groups is 2. The van der Waals surface area contributed by atoms with Gasteiger partial charge in [0.05, 0.1) is 11.8 Å². The normalized spacial score (nSPS) is 11.9. The number of ketones is 1. The molecular formula is C28H31N9O6S. The molecule has 0 aliphatic rings. The Bertz CT molecular complexity index is 1840. The van der Waals surface area contributed by atoms with Crippen molar-refractivity contribution in [1.82, 2.24) is 14.9 Å². The maximum absolute atomic E-state index is 13.3. The van der Waals surface area contributed by atoms with Crippen LogP contribution in [0.1, 0.15) is 34.7 Å². The number of sulfonamides is 1. The second kappa shape index (κ2) is 13.6. The molecule has 230 valence electrons. The van der Waals surface area contributed by atoms with Crippen LogP contribution in [0.25, 0.3) is 11.1 Å². The summed E-state index contributed by atoms with van der Waals surface area (Å²) in [6, 6.07) is 14.5. The number of Topliss-reactive ketones (excluding diaryl/α,β-unsaturated/α-hetero) is 1. The average molecular weight is 622 g/mol. The van der Waals surface area contributed by atoms with Crippen LogP contribution in [-0.4, -0.2) is 54.0 Å². The molecule has 15 nitrogen and oxygen atoms in total. The van der Waals surface area contributed by atoms with Gasteiger partial charge in [-0.15, -0.1) is 0 Å². The van der Waals surface area contributed by atoms with E-state index in [0.29, 0.717) is 28.6 Å². The van der Waals surface area contributed by atoms with Crippen molar-refractivity contribution in [2.24, 2.45) is 22.2 Å². The van der Waals surface area contributed by atoms with E-state index in [9.17, 15) is 22.8 Å². The number of pyridine rings is 1. The number of guanidine groups is 1. The smallest absolute Gasteiger partial charge is 0.275 e. The predicted molar refractivity (Wildman–Crippen MR) is 165 cm³/mol. The Morgan fingerprint density at radius 2 is 1.77 bits per heavy atom. The lowest BCUT2D eigenvalue weighted by atomic mass is 10.1. The van der Waals surface area contributed by atoms with E-state index in [1.165, 1.54) is 42.6 Å². The van der Waals surface area contributed by atoms with Crippen molar-refractivity contribution in [1.29, 1.82) is 5.41 Å². The third kappa shape index (κ3) is 8.28. The summed E-state index contributed by atoms with van der Waals surface area (Å²) in [6.45, 7) is -0.301. The molecule has 0 radical (unpaired) electrons. The van der Waals surface area contributed by atoms with Crippen LogP contribution in [0, 0.1) is 5.41 Å². The summed E-state index contributed by atoms with van der Waals surface area (Å²) in [5, 5.41) is 10.1. The van der Waals surface area contributed by atoms with Crippen LogP contribution in [0.2, 0.25) is 0 Å². The van der Waals surface area contributed by atoms with Crippen LogP contribution in [0.3, 0.4) is 0 Å². The van der Waals surface area contributed by atoms with Crippen LogP contribution in [0.5, 0.6) is 0 Å². The number of anilines is 1. The Morgan fingerprint density at radius 1 is 1.05 bits per heavy atom. The zero-order valence-corrected chi connectivity index (χ0v) is 24.2. The first-order chi connectivity index (χ1) is 20.9. The fourth-order valence-electron chi connectivity index (χ4n) is 4.24. The minimum absolute atomic E-state index is 0.114. The van der Waals surface area contributed by atoms with Gasteiger partial charge in [0.15, 0.2) is 11.5 Å². The number of oxazole rings is 1. The fraction of sp³-hybridized carbons (Fsp3) is 0.214. The molecule has 0 saturated carbocycles. The van der Waals surface area contributed by atoms with Crippen molar-refractivity contribution in [2.45, 2.75) is 31.2 Å². The van der Waals surface area contributed by atoms with Crippen molar-refractivity contribution in [3.8, 4) is 0 Å². The molecule has 0 aliphatic heterocycles. The number of nitrogens with two attached hydrogens (primary N) is 3. The molecule has 1 atom stereocenters. The van der Waals surface area contributed by atoms with E-state index in [-0.39, 0.29) is 36.3 Å². The molecule has 0 aliphatic carbocycles. The molecule has 2 aromatic carbocycles. The van der Waals surface area contributed by atoms with Crippen LogP contribution >= 0.6 is 0 Å². The van der Waals surface area contributed by atoms with E-state index in [2.05, 4.69) is 20.0 Å². The number of aliphatic imine (C=N–C) groups is 1. The number of amides is 1. The van der Waals surface area contributed by atoms with Gasteiger partial charge in [-0.25, -0.2) is 13.4 Å². The third-order valence-corrected chi connectivity index (χ3v) is 7.57. The van der Waals surface area contributed by atoms with E-state index >= 15 is 0 Å². The van der Waals surface area contributed by atoms with Gasteiger partial charge < -0.3 is 31.5 Å². The predicted octanol–water partition coefficient (Wildman–Crippen LogP) is 0.637. The number of hydrogen-bond acceptors (Lipinski definition) is 9. The molecule has 44 heavy (non-hydrogen) atoms. The summed E-state index contributed by atoms with van der Waals surface area (Å²) in [6.07, 6.45) is 1.79. The minimum Gasteiger partial charge on any atom is -0.434 e. The monoisotopic (exact) mass is 621 g/mol. The Hall–Kier alpha value is -5.51. The van der Waals surface area contributed by atoms with Crippen LogP contribution in [0.15, 0.2) is 81.1 Å². The third-order valence-electron chi connectivity index (χ3n) is 6.32. The van der Waals surface area contributed by atoms with E-state index in [4.69, 9.17) is 27.0 Å². The molecule has 1 unspecified atom stereocenters. The summed E-state index contributed by atoms with van der Waals surface area (Å²) >= 11 is 0. The standard InChI is InChI=1S/C28H31N9O6S/c29-25(30)18-11-9-17(10-12-18)16-44(41,42)36-21-7-4-14-37(27(21)40)15-23(38)34-20(6-3-13-33-28(31)32)24(39)26-35-19-5-1-2-8-22(19)43-26/h1-2,4-5,7-12,14,20,36H,3,6,13,15-16H2,(H3,29,30)(H,34,38)(H4,31,32,33). The molecule has 0 bridgehead atoms. The second-order valence-corrected chi connectivity index (χ2v) is 11.5. The molecule has 16 heteroatoms. The van der Waals surface area contributed by atoms with Crippen molar-refractivity contribution < 1.29 is 22.4 Å². The molecule has 1 amide bonds. The molecule has 4 aromatic rings. The zero-order valence-electron chi connectivity index (χ0n) is 23.4. The van der Waals surface area contributed by atoms with E-state index in [1.807, 2.05) is 0 Å². The van der Waals surface area contributed by atoms with Crippen molar-refractivity contribution >= 4 is 50.3 Å². The number of rotatable bonds is 14. The topological polar surface area (TPSA) is 255 Å². The lowest BCUT2D eigenvalue weighted by Crippen LogP contribution is -2.43. The Morgan fingerprint density at radius 3 is 2.45 bits per heavy atom. The van der Waals surface area contributed by atoms with Gasteiger partial charge in [0.2, 0.25) is 21.7 Å². The number of amidine groups is 1. The van der Waals surface area contributed by atoms with Gasteiger partial charge in [-0.1, -0.05) is 36.4 Å². The summed E-state index contributed by atoms with van der Waals surface area (Å²) < 4.78 is 34.4. The number of hydrogen-bond donors (Lipinski definition) is 6. The van der Waals surface area contributed by atoms with Gasteiger partial charge in [0.25, 0.3) is 11.4 Å². The quantitative estimate of drug-likeness (QED) is 0.0495. The highest BCUT2D eigenvalue weighted by Crippen LogP contribution is 2.17. The number of benzene rings is 2. The molecule has 2 aromatic heterocycles. The first-order valence-electron chi connectivity index (χ1n) is 13.3. The zero-order chi connectivity index (χ0) is 31.9. The van der Waals surface area contributed by atoms with Gasteiger partial charge >= 0.3 is 0 Å². The fourth-order valence-corrected chi connectivity index (χ4v) is 5.43. The molecule has 9 N–H and O–H groups in total. The van der Waals surface area contributed by atoms with Crippen LogP contribution < -0.4 is 32.8 Å². The number of aromatic nitrogens is 2. The van der Waals surface area contributed by atoms with E-state index in [1.54, 1.807) is 24.3 Å². The first-order valence-corrected chi connectivity index (χ1v) is 14.9. The number of nitrogen functional groups attached to an aromatic ring is 1. The minimum atomic E-state index is -4.02. The molecule has 0 fully saturated rings. The summed E-state index contributed by atoms with van der Waals surface area (Å²) in [5.74, 6) is -2.17. The van der Waals surface area contributed by atoms with Crippen molar-refractivity contribution in [2.75, 3.05) is 11.3 Å². The maximum atomic E-state index is 13.3. The van der Waals surface area contributed by atoms with Gasteiger partial charge in [-0.05, 0) is 42.7 Å². The summed E-state index contributed by atoms with van der Waals surface area (Å²) in [4.78, 5) is 47.5. The summed E-state index contributed by atoms with van der Waals surface area (Å²) in [7, 11) is -4.02. The maximum Gasteiger partial charge on any atom is 0.275 e. The molecule has 4 rings (SSSR count). The van der Waals surface area contributed by atoms with Gasteiger partial charge in [-0.2, -0.15) is 0 Å². The van der Waals surface area contributed by atoms with Gasteiger partial charge in [-0.3, -0.25) is 29.5 Å². The molecular weight excluding hydrogens is 590 g/mol. The van der Waals surface area contributed by atoms with Crippen LogP contribution in [-0.2, 0) is 27.1 Å². The number of fused-ring (bicyclic) bond motifs is 1. The van der Waals surface area contributed by atoms with Crippen molar-refractivity contribution in [3.63, 3.8) is 0 Å². The van der Waals surface area contributed by atoms with Gasteiger partial charge in [0, 0.05) is 18.3 Å². The molecule has 0 saturated heterocycles. The average Bonchev–Trinajstić information content (AvgIpc) is 3.41. The lowest BCUT2D eigenvalue weighted by molar-refractivity contribution is -0.122. The largest absolute Gasteiger partial charge is 0.434 e. The highest BCUT2D eigenvalue weighted by molar-refractivity contribution is 7.91. The number of nitrogens with zero attached hydrogens (tertiary/aromatic N) is 3. The van der Waals surface area contributed by atoms with Crippen molar-refractivity contribution in [3.05, 3.63) is 94.2 Å². The number of para-hydroxylation sites is 2. The Balaban J connectivity index is 1.46. The second-order valence-electron chi connectivity index (χ2n) is 9.75. The number of nitrogens with one attached hydrogen (secondary N) is 3. The Kier molecular flexibility index (Phi) is 9.74. The van der Waals surface area contributed by atoms with Crippen LogP contribution in [0.4, 0.5) is 5.69 Å². The van der Waals surface area contributed by atoms with Gasteiger partial charge in [0.1, 0.15) is 23.6 Å². The Labute approximate surface area is 251 Å². The highest BCUT2D eigenvalue weighted by atomic mass is 32.2. The van der Waals surface area contributed by atoms with E-state index in [0.717, 1.165) is 4.57 Å². The lowest BCUT2D eigenvalue weighted by Gasteiger charge is -2.17. The number of carbonyl (C=O) groups excluding carboxylic acids is 2. The highest BCUT2D eigenvalue weighted by Gasteiger charge is 2.27.